The zero-order valence-corrected chi connectivity index (χ0v) is 17.7. The van der Waals surface area contributed by atoms with Gasteiger partial charge in [0, 0.05) is 18.3 Å². The molecule has 30 heavy (non-hydrogen) atoms. The summed E-state index contributed by atoms with van der Waals surface area (Å²) in [5.41, 5.74) is 2.94. The summed E-state index contributed by atoms with van der Waals surface area (Å²) >= 11 is 0. The fourth-order valence-corrected chi connectivity index (χ4v) is 3.09. The molecule has 1 N–H and O–H groups in total. The predicted octanol–water partition coefficient (Wildman–Crippen LogP) is 3.33. The second-order valence-corrected chi connectivity index (χ2v) is 7.16. The molecule has 0 saturated heterocycles. The van der Waals surface area contributed by atoms with Crippen LogP contribution in [0.4, 0.5) is 5.69 Å². The standard InChI is InChI=1S/C23H28N2O5/c1-4-25(23(27)9-10-28-19-7-5-16(2)17(3)13-19)15-22(26)24-18-6-8-20-21(14-18)30-12-11-29-20/h5-8,13-14H,4,9-12,15H2,1-3H3,(H,24,26). The smallest absolute Gasteiger partial charge is 0.243 e. The number of benzene rings is 2. The molecule has 1 aliphatic rings. The molecule has 0 unspecified atom stereocenters. The highest BCUT2D eigenvalue weighted by Gasteiger charge is 2.17. The van der Waals surface area contributed by atoms with E-state index in [0.717, 1.165) is 11.3 Å². The number of hydrogen-bond donors (Lipinski definition) is 1. The summed E-state index contributed by atoms with van der Waals surface area (Å²) in [4.78, 5) is 26.4. The van der Waals surface area contributed by atoms with Gasteiger partial charge < -0.3 is 24.4 Å². The van der Waals surface area contributed by atoms with Crippen LogP contribution in [-0.2, 0) is 9.59 Å². The average molecular weight is 412 g/mol. The Labute approximate surface area is 176 Å². The molecule has 0 spiro atoms. The molecule has 0 saturated carbocycles. The second-order valence-electron chi connectivity index (χ2n) is 7.16. The number of anilines is 1. The summed E-state index contributed by atoms with van der Waals surface area (Å²) in [5.74, 6) is 1.61. The Balaban J connectivity index is 1.48. The van der Waals surface area contributed by atoms with Crippen molar-refractivity contribution in [1.82, 2.24) is 4.90 Å². The van der Waals surface area contributed by atoms with Crippen LogP contribution in [0.2, 0.25) is 0 Å². The van der Waals surface area contributed by atoms with Crippen LogP contribution in [0.3, 0.4) is 0 Å². The topological polar surface area (TPSA) is 77.1 Å². The Kier molecular flexibility index (Phi) is 7.17. The number of nitrogens with one attached hydrogen (secondary N) is 1. The third-order valence-electron chi connectivity index (χ3n) is 4.96. The maximum Gasteiger partial charge on any atom is 0.243 e. The normalized spacial score (nSPS) is 12.2. The number of ether oxygens (including phenoxy) is 3. The van der Waals surface area contributed by atoms with Crippen LogP contribution in [0.5, 0.6) is 17.2 Å². The minimum atomic E-state index is -0.267. The summed E-state index contributed by atoms with van der Waals surface area (Å²) in [7, 11) is 0. The van der Waals surface area contributed by atoms with Gasteiger partial charge in [0.05, 0.1) is 19.6 Å². The molecule has 1 aliphatic heterocycles. The lowest BCUT2D eigenvalue weighted by atomic mass is 10.1. The van der Waals surface area contributed by atoms with E-state index >= 15 is 0 Å². The summed E-state index contributed by atoms with van der Waals surface area (Å²) in [6.45, 7) is 7.59. The number of aryl methyl sites for hydroxylation is 2. The van der Waals surface area contributed by atoms with Gasteiger partial charge in [-0.25, -0.2) is 0 Å². The van der Waals surface area contributed by atoms with Gasteiger partial charge in [0.1, 0.15) is 19.0 Å². The molecule has 3 rings (SSSR count). The molecule has 0 atom stereocenters. The lowest BCUT2D eigenvalue weighted by molar-refractivity contribution is -0.134. The van der Waals surface area contributed by atoms with Gasteiger partial charge >= 0.3 is 0 Å². The van der Waals surface area contributed by atoms with Crippen molar-refractivity contribution in [3.05, 3.63) is 47.5 Å². The first-order valence-corrected chi connectivity index (χ1v) is 10.1. The van der Waals surface area contributed by atoms with Crippen LogP contribution < -0.4 is 19.5 Å². The van der Waals surface area contributed by atoms with Crippen molar-refractivity contribution in [3.8, 4) is 17.2 Å². The molecule has 160 valence electrons. The maximum absolute atomic E-state index is 12.5. The van der Waals surface area contributed by atoms with Crippen molar-refractivity contribution in [1.29, 1.82) is 0 Å². The number of likely N-dealkylation sites (N-methyl/N-ethyl adjacent to an activating group) is 1. The first-order chi connectivity index (χ1) is 14.5. The Morgan fingerprint density at radius 1 is 1.03 bits per heavy atom. The zero-order valence-electron chi connectivity index (χ0n) is 17.7. The summed E-state index contributed by atoms with van der Waals surface area (Å²) in [6, 6.07) is 11.1. The van der Waals surface area contributed by atoms with Crippen LogP contribution in [-0.4, -0.2) is 49.6 Å². The number of carbonyl (C=O) groups is 2. The molecule has 0 radical (unpaired) electrons. The number of amides is 2. The van der Waals surface area contributed by atoms with E-state index < -0.39 is 0 Å². The van der Waals surface area contributed by atoms with E-state index in [1.54, 1.807) is 18.2 Å². The number of carbonyl (C=O) groups excluding carboxylic acids is 2. The largest absolute Gasteiger partial charge is 0.493 e. The van der Waals surface area contributed by atoms with E-state index in [4.69, 9.17) is 14.2 Å². The zero-order chi connectivity index (χ0) is 21.5. The number of hydrogen-bond acceptors (Lipinski definition) is 5. The molecule has 0 fully saturated rings. The highest BCUT2D eigenvalue weighted by Crippen LogP contribution is 2.32. The van der Waals surface area contributed by atoms with Gasteiger partial charge in [-0.2, -0.15) is 0 Å². The van der Waals surface area contributed by atoms with Gasteiger partial charge in [-0.1, -0.05) is 6.07 Å². The van der Waals surface area contributed by atoms with Gasteiger partial charge in [0.25, 0.3) is 0 Å². The molecule has 2 amide bonds. The van der Waals surface area contributed by atoms with Crippen molar-refractivity contribution in [2.45, 2.75) is 27.2 Å². The van der Waals surface area contributed by atoms with Gasteiger partial charge in [0.15, 0.2) is 11.5 Å². The molecule has 7 nitrogen and oxygen atoms in total. The first-order valence-electron chi connectivity index (χ1n) is 10.1. The van der Waals surface area contributed by atoms with Crippen molar-refractivity contribution in [3.63, 3.8) is 0 Å². The van der Waals surface area contributed by atoms with Crippen molar-refractivity contribution >= 4 is 17.5 Å². The quantitative estimate of drug-likeness (QED) is 0.720. The third-order valence-corrected chi connectivity index (χ3v) is 4.96. The molecule has 0 aliphatic carbocycles. The number of nitrogens with zero attached hydrogens (tertiary/aromatic N) is 1. The van der Waals surface area contributed by atoms with E-state index in [0.29, 0.717) is 36.9 Å². The Bertz CT molecular complexity index is 912. The molecular formula is C23H28N2O5. The molecule has 0 bridgehead atoms. The van der Waals surface area contributed by atoms with Gasteiger partial charge in [-0.15, -0.1) is 0 Å². The third kappa shape index (κ3) is 5.65. The average Bonchev–Trinajstić information content (AvgIpc) is 2.74. The molecule has 0 aromatic heterocycles. The monoisotopic (exact) mass is 412 g/mol. The second kappa shape index (κ2) is 10.0. The van der Waals surface area contributed by atoms with E-state index in [2.05, 4.69) is 5.32 Å². The predicted molar refractivity (Wildman–Crippen MR) is 114 cm³/mol. The maximum atomic E-state index is 12.5. The van der Waals surface area contributed by atoms with Crippen LogP contribution >= 0.6 is 0 Å². The Morgan fingerprint density at radius 2 is 1.80 bits per heavy atom. The number of rotatable bonds is 8. The molecule has 2 aromatic rings. The van der Waals surface area contributed by atoms with E-state index in [-0.39, 0.29) is 31.4 Å². The molecular weight excluding hydrogens is 384 g/mol. The Hall–Kier alpha value is -3.22. The van der Waals surface area contributed by atoms with E-state index in [1.165, 1.54) is 10.5 Å². The highest BCUT2D eigenvalue weighted by atomic mass is 16.6. The fraction of sp³-hybridized carbons (Fsp3) is 0.391. The van der Waals surface area contributed by atoms with E-state index in [9.17, 15) is 9.59 Å². The summed E-state index contributed by atoms with van der Waals surface area (Å²) in [6.07, 6.45) is 0.206. The first kappa shape index (κ1) is 21.5. The molecule has 2 aromatic carbocycles. The van der Waals surface area contributed by atoms with E-state index in [1.807, 2.05) is 39.0 Å². The van der Waals surface area contributed by atoms with Crippen LogP contribution in [0.25, 0.3) is 0 Å². The lowest BCUT2D eigenvalue weighted by Gasteiger charge is -2.21. The molecule has 7 heteroatoms. The van der Waals surface area contributed by atoms with Crippen molar-refractivity contribution in [2.75, 3.05) is 38.2 Å². The van der Waals surface area contributed by atoms with Crippen LogP contribution in [0, 0.1) is 13.8 Å². The van der Waals surface area contributed by atoms with Crippen LogP contribution in [0.15, 0.2) is 36.4 Å². The summed E-state index contributed by atoms with van der Waals surface area (Å²) < 4.78 is 16.7. The van der Waals surface area contributed by atoms with Crippen LogP contribution in [0.1, 0.15) is 24.5 Å². The fourth-order valence-electron chi connectivity index (χ4n) is 3.09. The van der Waals surface area contributed by atoms with Gasteiger partial charge in [-0.3, -0.25) is 9.59 Å². The molecule has 1 heterocycles. The number of fused-ring (bicyclic) bond motifs is 1. The van der Waals surface area contributed by atoms with Gasteiger partial charge in [0.2, 0.25) is 11.8 Å². The van der Waals surface area contributed by atoms with Gasteiger partial charge in [-0.05, 0) is 56.2 Å². The minimum absolute atomic E-state index is 0.0204. The lowest BCUT2D eigenvalue weighted by Crippen LogP contribution is -2.38. The minimum Gasteiger partial charge on any atom is -0.493 e. The highest BCUT2D eigenvalue weighted by molar-refractivity contribution is 5.94. The van der Waals surface area contributed by atoms with Crippen molar-refractivity contribution < 1.29 is 23.8 Å². The Morgan fingerprint density at radius 3 is 2.53 bits per heavy atom. The van der Waals surface area contributed by atoms with Crippen molar-refractivity contribution in [2.24, 2.45) is 0 Å². The summed E-state index contributed by atoms with van der Waals surface area (Å²) in [5, 5.41) is 2.81. The SMILES string of the molecule is CCN(CC(=O)Nc1ccc2c(c1)OCCO2)C(=O)CCOc1ccc(C)c(C)c1.